The van der Waals surface area contributed by atoms with Gasteiger partial charge in [-0.1, -0.05) is 6.92 Å². The summed E-state index contributed by atoms with van der Waals surface area (Å²) in [4.78, 5) is 11.2. The van der Waals surface area contributed by atoms with Crippen LogP contribution in [-0.4, -0.2) is 37.7 Å². The van der Waals surface area contributed by atoms with E-state index in [1.54, 1.807) is 0 Å². The van der Waals surface area contributed by atoms with Crippen LogP contribution < -0.4 is 10.6 Å². The molecule has 4 heteroatoms. The van der Waals surface area contributed by atoms with Crippen LogP contribution in [-0.2, 0) is 9.53 Å². The van der Waals surface area contributed by atoms with Crippen molar-refractivity contribution in [2.75, 3.05) is 19.7 Å². The Morgan fingerprint density at radius 3 is 2.85 bits per heavy atom. The molecule has 1 fully saturated rings. The van der Waals surface area contributed by atoms with Gasteiger partial charge in [-0.2, -0.15) is 0 Å². The van der Waals surface area contributed by atoms with Crippen molar-refractivity contribution < 1.29 is 9.53 Å². The zero-order valence-electron chi connectivity index (χ0n) is 8.30. The van der Waals surface area contributed by atoms with E-state index in [1.165, 1.54) is 0 Å². The average Bonchev–Trinajstić information content (AvgIpc) is 2.01. The number of nitrogens with one attached hydrogen (secondary N) is 2. The van der Waals surface area contributed by atoms with Gasteiger partial charge in [0.05, 0.1) is 6.10 Å². The van der Waals surface area contributed by atoms with E-state index in [-0.39, 0.29) is 24.7 Å². The highest BCUT2D eigenvalue weighted by Crippen LogP contribution is 1.97. The van der Waals surface area contributed by atoms with Crippen molar-refractivity contribution in [3.05, 3.63) is 0 Å². The van der Waals surface area contributed by atoms with E-state index in [2.05, 4.69) is 10.6 Å². The quantitative estimate of drug-likeness (QED) is 0.630. The number of hydrogen-bond acceptors (Lipinski definition) is 3. The minimum Gasteiger partial charge on any atom is -0.366 e. The van der Waals surface area contributed by atoms with Crippen LogP contribution in [0.15, 0.2) is 0 Å². The lowest BCUT2D eigenvalue weighted by Crippen LogP contribution is -2.49. The highest BCUT2D eigenvalue weighted by Gasteiger charge is 2.18. The molecular weight excluding hydrogens is 168 g/mol. The third-order valence-corrected chi connectivity index (χ3v) is 2.21. The number of carbonyl (C=O) groups is 1. The SMILES string of the molecule is CCC(C)NC(=O)COC1CNC1. The van der Waals surface area contributed by atoms with Crippen LogP contribution in [0.2, 0.25) is 0 Å². The summed E-state index contributed by atoms with van der Waals surface area (Å²) in [5.74, 6) is -0.0127. The smallest absolute Gasteiger partial charge is 0.246 e. The van der Waals surface area contributed by atoms with Gasteiger partial charge in [-0.3, -0.25) is 4.79 Å². The summed E-state index contributed by atoms with van der Waals surface area (Å²) in [7, 11) is 0. The van der Waals surface area contributed by atoms with Gasteiger partial charge >= 0.3 is 0 Å². The lowest BCUT2D eigenvalue weighted by molar-refractivity contribution is -0.129. The van der Waals surface area contributed by atoms with Crippen molar-refractivity contribution in [1.82, 2.24) is 10.6 Å². The minimum atomic E-state index is -0.0127. The molecule has 0 saturated carbocycles. The van der Waals surface area contributed by atoms with Gasteiger partial charge in [0.25, 0.3) is 0 Å². The van der Waals surface area contributed by atoms with Crippen molar-refractivity contribution in [2.24, 2.45) is 0 Å². The van der Waals surface area contributed by atoms with E-state index in [9.17, 15) is 4.79 Å². The largest absolute Gasteiger partial charge is 0.366 e. The van der Waals surface area contributed by atoms with Gasteiger partial charge in [-0.15, -0.1) is 0 Å². The van der Waals surface area contributed by atoms with E-state index in [4.69, 9.17) is 4.74 Å². The van der Waals surface area contributed by atoms with Gasteiger partial charge < -0.3 is 15.4 Å². The molecule has 1 aliphatic rings. The normalized spacial score (nSPS) is 19.2. The van der Waals surface area contributed by atoms with Gasteiger partial charge in [0.2, 0.25) is 5.91 Å². The summed E-state index contributed by atoms with van der Waals surface area (Å²) in [5, 5.41) is 5.93. The first-order chi connectivity index (χ1) is 6.22. The number of rotatable bonds is 5. The molecule has 1 atom stereocenters. The maximum Gasteiger partial charge on any atom is 0.246 e. The Kier molecular flexibility index (Phi) is 4.18. The van der Waals surface area contributed by atoms with Crippen LogP contribution >= 0.6 is 0 Å². The van der Waals surface area contributed by atoms with E-state index in [1.807, 2.05) is 13.8 Å². The molecule has 1 amide bonds. The van der Waals surface area contributed by atoms with Crippen LogP contribution in [0, 0.1) is 0 Å². The molecule has 0 spiro atoms. The van der Waals surface area contributed by atoms with E-state index < -0.39 is 0 Å². The molecule has 1 rings (SSSR count). The lowest BCUT2D eigenvalue weighted by atomic mass is 10.2. The summed E-state index contributed by atoms with van der Waals surface area (Å²) in [6.07, 6.45) is 1.19. The van der Waals surface area contributed by atoms with Crippen molar-refractivity contribution in [3.8, 4) is 0 Å². The Hall–Kier alpha value is -0.610. The number of ether oxygens (including phenoxy) is 1. The first-order valence-electron chi connectivity index (χ1n) is 4.84. The maximum absolute atomic E-state index is 11.2. The third-order valence-electron chi connectivity index (χ3n) is 2.21. The van der Waals surface area contributed by atoms with Gasteiger partial charge in [-0.05, 0) is 13.3 Å². The Labute approximate surface area is 79.0 Å². The highest BCUT2D eigenvalue weighted by molar-refractivity contribution is 5.77. The van der Waals surface area contributed by atoms with Crippen LogP contribution in [0.25, 0.3) is 0 Å². The zero-order chi connectivity index (χ0) is 9.68. The Bertz CT molecular complexity index is 169. The standard InChI is InChI=1S/C9H18N2O2/c1-3-7(2)11-9(12)6-13-8-4-10-5-8/h7-8,10H,3-6H2,1-2H3,(H,11,12). The number of amides is 1. The zero-order valence-corrected chi connectivity index (χ0v) is 8.30. The van der Waals surface area contributed by atoms with Crippen molar-refractivity contribution in [2.45, 2.75) is 32.4 Å². The summed E-state index contributed by atoms with van der Waals surface area (Å²) in [5.41, 5.74) is 0. The second kappa shape index (κ2) is 5.19. The molecule has 0 aromatic rings. The monoisotopic (exact) mass is 186 g/mol. The molecule has 4 nitrogen and oxygen atoms in total. The second-order valence-corrected chi connectivity index (χ2v) is 3.47. The summed E-state index contributed by atoms with van der Waals surface area (Å²) < 4.78 is 5.31. The topological polar surface area (TPSA) is 50.4 Å². The highest BCUT2D eigenvalue weighted by atomic mass is 16.5. The fraction of sp³-hybridized carbons (Fsp3) is 0.889. The molecule has 1 unspecified atom stereocenters. The molecule has 0 aliphatic carbocycles. The summed E-state index contributed by atoms with van der Waals surface area (Å²) >= 11 is 0. The van der Waals surface area contributed by atoms with Gasteiger partial charge in [0, 0.05) is 19.1 Å². The average molecular weight is 186 g/mol. The lowest BCUT2D eigenvalue weighted by Gasteiger charge is -2.26. The first-order valence-corrected chi connectivity index (χ1v) is 4.84. The molecule has 0 bridgehead atoms. The minimum absolute atomic E-state index is 0.0127. The van der Waals surface area contributed by atoms with Crippen LogP contribution in [0.5, 0.6) is 0 Å². The summed E-state index contributed by atoms with van der Waals surface area (Å²) in [6.45, 7) is 5.97. The van der Waals surface area contributed by atoms with E-state index in [0.29, 0.717) is 0 Å². The van der Waals surface area contributed by atoms with Gasteiger partial charge in [0.1, 0.15) is 6.61 Å². The van der Waals surface area contributed by atoms with E-state index in [0.717, 1.165) is 19.5 Å². The molecular formula is C9H18N2O2. The molecule has 0 aromatic heterocycles. The third kappa shape index (κ3) is 3.74. The van der Waals surface area contributed by atoms with E-state index >= 15 is 0 Å². The molecule has 1 aliphatic heterocycles. The first kappa shape index (κ1) is 10.5. The molecule has 0 aromatic carbocycles. The van der Waals surface area contributed by atoms with Crippen molar-refractivity contribution >= 4 is 5.91 Å². The molecule has 1 heterocycles. The van der Waals surface area contributed by atoms with Crippen LogP contribution in [0.3, 0.4) is 0 Å². The Morgan fingerprint density at radius 2 is 2.38 bits per heavy atom. The maximum atomic E-state index is 11.2. The molecule has 13 heavy (non-hydrogen) atoms. The Morgan fingerprint density at radius 1 is 1.69 bits per heavy atom. The molecule has 0 radical (unpaired) electrons. The molecule has 1 saturated heterocycles. The predicted octanol–water partition coefficient (Wildman–Crippen LogP) is -0.110. The van der Waals surface area contributed by atoms with Crippen LogP contribution in [0.1, 0.15) is 20.3 Å². The predicted molar refractivity (Wildman–Crippen MR) is 50.5 cm³/mol. The second-order valence-electron chi connectivity index (χ2n) is 3.47. The Balaban J connectivity index is 2.03. The molecule has 76 valence electrons. The summed E-state index contributed by atoms with van der Waals surface area (Å²) in [6, 6.07) is 0.246. The van der Waals surface area contributed by atoms with Gasteiger partial charge in [0.15, 0.2) is 0 Å². The molecule has 2 N–H and O–H groups in total. The fourth-order valence-electron chi connectivity index (χ4n) is 0.992. The fourth-order valence-corrected chi connectivity index (χ4v) is 0.992. The van der Waals surface area contributed by atoms with Gasteiger partial charge in [-0.25, -0.2) is 0 Å². The number of hydrogen-bond donors (Lipinski definition) is 2. The van der Waals surface area contributed by atoms with Crippen molar-refractivity contribution in [1.29, 1.82) is 0 Å². The van der Waals surface area contributed by atoms with Crippen molar-refractivity contribution in [3.63, 3.8) is 0 Å². The number of carbonyl (C=O) groups excluding carboxylic acids is 1. The van der Waals surface area contributed by atoms with Crippen LogP contribution in [0.4, 0.5) is 0 Å².